The highest BCUT2D eigenvalue weighted by Gasteiger charge is 2.24. The summed E-state index contributed by atoms with van der Waals surface area (Å²) in [4.78, 5) is 25.1. The van der Waals surface area contributed by atoms with Crippen LogP contribution in [-0.4, -0.2) is 54.0 Å². The zero-order valence-electron chi connectivity index (χ0n) is 15.7. The first-order valence-electron chi connectivity index (χ1n) is 8.09. The van der Waals surface area contributed by atoms with Gasteiger partial charge in [0, 0.05) is 6.04 Å². The summed E-state index contributed by atoms with van der Waals surface area (Å²) in [6.45, 7) is 9.50. The summed E-state index contributed by atoms with van der Waals surface area (Å²) < 4.78 is 16.2. The van der Waals surface area contributed by atoms with Crippen molar-refractivity contribution in [2.75, 3.05) is 20.3 Å². The molecule has 7 nitrogen and oxygen atoms in total. The van der Waals surface area contributed by atoms with Gasteiger partial charge in [-0.25, -0.2) is 9.59 Å². The Kier molecular flexibility index (Phi) is 7.09. The fourth-order valence-corrected chi connectivity index (χ4v) is 2.12. The highest BCUT2D eigenvalue weighted by Crippen LogP contribution is 2.31. The molecule has 1 amide bonds. The van der Waals surface area contributed by atoms with E-state index in [1.54, 1.807) is 32.9 Å². The van der Waals surface area contributed by atoms with Crippen molar-refractivity contribution in [1.82, 2.24) is 4.90 Å². The van der Waals surface area contributed by atoms with Crippen LogP contribution in [0.3, 0.4) is 0 Å². The van der Waals surface area contributed by atoms with E-state index in [1.807, 2.05) is 13.8 Å². The molecule has 1 rings (SSSR count). The van der Waals surface area contributed by atoms with Crippen LogP contribution in [0.25, 0.3) is 0 Å². The van der Waals surface area contributed by atoms with Gasteiger partial charge in [-0.15, -0.1) is 0 Å². The van der Waals surface area contributed by atoms with Crippen molar-refractivity contribution in [3.8, 4) is 11.5 Å². The molecular weight excluding hydrogens is 326 g/mol. The minimum atomic E-state index is -1.11. The summed E-state index contributed by atoms with van der Waals surface area (Å²) in [5.41, 5.74) is -0.586. The van der Waals surface area contributed by atoms with Crippen molar-refractivity contribution in [2.24, 2.45) is 0 Å². The molecule has 1 aromatic carbocycles. The number of carboxylic acids is 1. The quantitative estimate of drug-likeness (QED) is 0.808. The Balaban J connectivity index is 2.83. The molecule has 1 N–H and O–H groups in total. The monoisotopic (exact) mass is 353 g/mol. The minimum Gasteiger partial charge on any atom is -0.493 e. The van der Waals surface area contributed by atoms with Gasteiger partial charge >= 0.3 is 12.1 Å². The van der Waals surface area contributed by atoms with Crippen LogP contribution in [0.15, 0.2) is 18.2 Å². The van der Waals surface area contributed by atoms with Gasteiger partial charge in [-0.2, -0.15) is 0 Å². The van der Waals surface area contributed by atoms with Gasteiger partial charge in [0.05, 0.1) is 13.7 Å². The van der Waals surface area contributed by atoms with Crippen molar-refractivity contribution in [3.05, 3.63) is 23.8 Å². The molecule has 0 saturated carbocycles. The van der Waals surface area contributed by atoms with E-state index in [0.717, 1.165) is 0 Å². The number of hydrogen-bond acceptors (Lipinski definition) is 5. The standard InChI is InChI=1S/C18H27NO6/c1-12(2)19(17(22)25-18(3,4)5)10-11-24-15-13(16(20)21)8-7-9-14(15)23-6/h7-9,12H,10-11H2,1-6H3,(H,20,21). The number of carbonyl (C=O) groups is 2. The third-order valence-corrected chi connectivity index (χ3v) is 3.26. The van der Waals surface area contributed by atoms with E-state index in [2.05, 4.69) is 0 Å². The fourth-order valence-electron chi connectivity index (χ4n) is 2.12. The van der Waals surface area contributed by atoms with E-state index < -0.39 is 17.7 Å². The van der Waals surface area contributed by atoms with Gasteiger partial charge in [0.25, 0.3) is 0 Å². The van der Waals surface area contributed by atoms with E-state index in [-0.39, 0.29) is 30.5 Å². The van der Waals surface area contributed by atoms with Gasteiger partial charge in [-0.1, -0.05) is 6.07 Å². The number of nitrogens with zero attached hydrogens (tertiary/aromatic N) is 1. The topological polar surface area (TPSA) is 85.3 Å². The molecule has 0 aliphatic carbocycles. The van der Waals surface area contributed by atoms with Crippen molar-refractivity contribution < 1.29 is 28.9 Å². The second-order valence-corrected chi connectivity index (χ2v) is 6.76. The van der Waals surface area contributed by atoms with Crippen molar-refractivity contribution >= 4 is 12.1 Å². The van der Waals surface area contributed by atoms with Crippen molar-refractivity contribution in [2.45, 2.75) is 46.3 Å². The van der Waals surface area contributed by atoms with Crippen LogP contribution in [-0.2, 0) is 4.74 Å². The van der Waals surface area contributed by atoms with E-state index in [9.17, 15) is 14.7 Å². The molecule has 0 radical (unpaired) electrons. The molecule has 140 valence electrons. The normalized spacial score (nSPS) is 11.2. The molecule has 0 aromatic heterocycles. The fraction of sp³-hybridized carbons (Fsp3) is 0.556. The maximum Gasteiger partial charge on any atom is 0.410 e. The lowest BCUT2D eigenvalue weighted by Crippen LogP contribution is -2.43. The first-order chi connectivity index (χ1) is 11.6. The molecule has 0 bridgehead atoms. The second-order valence-electron chi connectivity index (χ2n) is 6.76. The average molecular weight is 353 g/mol. The van der Waals surface area contributed by atoms with Gasteiger partial charge in [0.15, 0.2) is 11.5 Å². The maximum absolute atomic E-state index is 12.3. The number of aromatic carboxylic acids is 1. The predicted molar refractivity (Wildman–Crippen MR) is 93.5 cm³/mol. The zero-order valence-corrected chi connectivity index (χ0v) is 15.7. The van der Waals surface area contributed by atoms with Gasteiger partial charge in [-0.05, 0) is 46.8 Å². The SMILES string of the molecule is COc1cccc(C(=O)O)c1OCCN(C(=O)OC(C)(C)C)C(C)C. The molecule has 0 spiro atoms. The zero-order chi connectivity index (χ0) is 19.2. The number of ether oxygens (including phenoxy) is 3. The minimum absolute atomic E-state index is 0.00714. The predicted octanol–water partition coefficient (Wildman–Crippen LogP) is 3.42. The Morgan fingerprint density at radius 3 is 2.36 bits per heavy atom. The molecule has 0 unspecified atom stereocenters. The average Bonchev–Trinajstić information content (AvgIpc) is 2.48. The summed E-state index contributed by atoms with van der Waals surface area (Å²) in [5.74, 6) is -0.639. The molecular formula is C18H27NO6. The van der Waals surface area contributed by atoms with Gasteiger partial charge < -0.3 is 24.2 Å². The molecule has 1 aromatic rings. The lowest BCUT2D eigenvalue weighted by Gasteiger charge is -2.30. The number of carboxylic acid groups (broad SMARTS) is 1. The van der Waals surface area contributed by atoms with Gasteiger partial charge in [0.1, 0.15) is 17.8 Å². The van der Waals surface area contributed by atoms with Crippen LogP contribution in [0.2, 0.25) is 0 Å². The number of para-hydroxylation sites is 1. The van der Waals surface area contributed by atoms with Crippen LogP contribution < -0.4 is 9.47 Å². The molecule has 0 saturated heterocycles. The lowest BCUT2D eigenvalue weighted by molar-refractivity contribution is 0.0163. The Bertz CT molecular complexity index is 606. The van der Waals surface area contributed by atoms with Crippen LogP contribution >= 0.6 is 0 Å². The van der Waals surface area contributed by atoms with Gasteiger partial charge in [0.2, 0.25) is 0 Å². The van der Waals surface area contributed by atoms with Crippen LogP contribution in [0.1, 0.15) is 45.0 Å². The number of amides is 1. The Morgan fingerprint density at radius 2 is 1.88 bits per heavy atom. The summed E-state index contributed by atoms with van der Waals surface area (Å²) >= 11 is 0. The summed E-state index contributed by atoms with van der Waals surface area (Å²) in [5, 5.41) is 9.28. The highest BCUT2D eigenvalue weighted by atomic mass is 16.6. The van der Waals surface area contributed by atoms with E-state index in [4.69, 9.17) is 14.2 Å². The van der Waals surface area contributed by atoms with Crippen molar-refractivity contribution in [3.63, 3.8) is 0 Å². The number of hydrogen-bond donors (Lipinski definition) is 1. The Hall–Kier alpha value is -2.44. The molecule has 25 heavy (non-hydrogen) atoms. The maximum atomic E-state index is 12.3. The first-order valence-corrected chi connectivity index (χ1v) is 8.09. The van der Waals surface area contributed by atoms with Crippen LogP contribution in [0.5, 0.6) is 11.5 Å². The lowest BCUT2D eigenvalue weighted by atomic mass is 10.2. The second kappa shape index (κ2) is 8.60. The van der Waals surface area contributed by atoms with E-state index >= 15 is 0 Å². The molecule has 7 heteroatoms. The van der Waals surface area contributed by atoms with Crippen molar-refractivity contribution in [1.29, 1.82) is 0 Å². The first kappa shape index (κ1) is 20.6. The molecule has 0 aliphatic heterocycles. The number of benzene rings is 1. The molecule has 0 aliphatic rings. The number of carbonyl (C=O) groups excluding carboxylic acids is 1. The number of methoxy groups -OCH3 is 1. The largest absolute Gasteiger partial charge is 0.493 e. The third kappa shape index (κ3) is 6.17. The van der Waals surface area contributed by atoms with Gasteiger partial charge in [-0.3, -0.25) is 0 Å². The van der Waals surface area contributed by atoms with E-state index in [1.165, 1.54) is 18.1 Å². The number of rotatable bonds is 7. The van der Waals surface area contributed by atoms with Crippen LogP contribution in [0.4, 0.5) is 4.79 Å². The summed E-state index contributed by atoms with van der Waals surface area (Å²) in [6.07, 6.45) is -0.440. The third-order valence-electron chi connectivity index (χ3n) is 3.26. The van der Waals surface area contributed by atoms with Crippen LogP contribution in [0, 0.1) is 0 Å². The van der Waals surface area contributed by atoms with E-state index in [0.29, 0.717) is 5.75 Å². The molecule has 0 atom stereocenters. The Labute approximate surface area is 148 Å². The highest BCUT2D eigenvalue weighted by molar-refractivity contribution is 5.92. The molecule has 0 heterocycles. The smallest absolute Gasteiger partial charge is 0.410 e. The molecule has 0 fully saturated rings. The summed E-state index contributed by atoms with van der Waals surface area (Å²) in [6, 6.07) is 4.55. The summed E-state index contributed by atoms with van der Waals surface area (Å²) in [7, 11) is 1.44. The Morgan fingerprint density at radius 1 is 1.24 bits per heavy atom.